The molecule has 0 spiro atoms. The van der Waals surface area contributed by atoms with E-state index < -0.39 is 6.29 Å². The average Bonchev–Trinajstić information content (AvgIpc) is 2.52. The van der Waals surface area contributed by atoms with Gasteiger partial charge < -0.3 is 9.84 Å². The molecule has 0 amide bonds. The number of aliphatic hydroxyl groups excluding tert-OH is 1. The van der Waals surface area contributed by atoms with Crippen molar-refractivity contribution in [2.75, 3.05) is 6.61 Å². The van der Waals surface area contributed by atoms with Gasteiger partial charge in [0.05, 0.1) is 0 Å². The second-order valence-electron chi connectivity index (χ2n) is 6.71. The second kappa shape index (κ2) is 19.0. The van der Waals surface area contributed by atoms with Crippen LogP contribution in [0.15, 0.2) is 0 Å². The molecule has 1 unspecified atom stereocenters. The molecule has 0 radical (unpaired) electrons. The van der Waals surface area contributed by atoms with E-state index >= 15 is 0 Å². The molecule has 0 aliphatic heterocycles. The third-order valence-electron chi connectivity index (χ3n) is 4.36. The summed E-state index contributed by atoms with van der Waals surface area (Å²) in [7, 11) is 0. The SMILES string of the molecule is CCCCCCCCCCOC(O)CCCCCCCCC. The molecule has 0 saturated heterocycles. The Bertz CT molecular complexity index is 194. The van der Waals surface area contributed by atoms with Crippen LogP contribution in [0.25, 0.3) is 0 Å². The molecule has 0 fully saturated rings. The topological polar surface area (TPSA) is 29.5 Å². The van der Waals surface area contributed by atoms with E-state index in [1.54, 1.807) is 0 Å². The highest BCUT2D eigenvalue weighted by Crippen LogP contribution is 2.11. The lowest BCUT2D eigenvalue weighted by Crippen LogP contribution is -2.12. The first kappa shape index (κ1) is 21.9. The van der Waals surface area contributed by atoms with E-state index in [-0.39, 0.29) is 0 Å². The summed E-state index contributed by atoms with van der Waals surface area (Å²) in [5.74, 6) is 0. The van der Waals surface area contributed by atoms with E-state index in [9.17, 15) is 5.11 Å². The van der Waals surface area contributed by atoms with Crippen molar-refractivity contribution < 1.29 is 9.84 Å². The van der Waals surface area contributed by atoms with Gasteiger partial charge in [0.1, 0.15) is 0 Å². The van der Waals surface area contributed by atoms with E-state index in [0.717, 1.165) is 25.9 Å². The molecule has 0 rings (SSSR count). The number of hydrogen-bond acceptors (Lipinski definition) is 2. The Balaban J connectivity index is 3.11. The van der Waals surface area contributed by atoms with Gasteiger partial charge in [0.2, 0.25) is 0 Å². The second-order valence-corrected chi connectivity index (χ2v) is 6.71. The standard InChI is InChI=1S/C20H42O2/c1-3-5-7-9-11-13-15-17-19-22-20(21)18-16-14-12-10-8-6-4-2/h20-21H,3-19H2,1-2H3. The lowest BCUT2D eigenvalue weighted by molar-refractivity contribution is -0.105. The molecule has 0 saturated carbocycles. The van der Waals surface area contributed by atoms with Crippen molar-refractivity contribution >= 4 is 0 Å². The highest BCUT2D eigenvalue weighted by atomic mass is 16.6. The van der Waals surface area contributed by atoms with Crippen molar-refractivity contribution in [1.29, 1.82) is 0 Å². The van der Waals surface area contributed by atoms with E-state index in [2.05, 4.69) is 13.8 Å². The van der Waals surface area contributed by atoms with Crippen LogP contribution in [-0.2, 0) is 4.74 Å². The molecular weight excluding hydrogens is 272 g/mol. The predicted molar refractivity (Wildman–Crippen MR) is 97.2 cm³/mol. The minimum absolute atomic E-state index is 0.528. The van der Waals surface area contributed by atoms with Gasteiger partial charge in [-0.05, 0) is 19.3 Å². The van der Waals surface area contributed by atoms with Crippen molar-refractivity contribution in [3.05, 3.63) is 0 Å². The van der Waals surface area contributed by atoms with Gasteiger partial charge >= 0.3 is 0 Å². The number of aliphatic hydroxyl groups is 1. The number of rotatable bonds is 18. The summed E-state index contributed by atoms with van der Waals surface area (Å²) >= 11 is 0. The summed E-state index contributed by atoms with van der Waals surface area (Å²) in [5, 5.41) is 9.77. The van der Waals surface area contributed by atoms with Crippen LogP contribution in [0.1, 0.15) is 117 Å². The molecular formula is C20H42O2. The van der Waals surface area contributed by atoms with Crippen LogP contribution in [0, 0.1) is 0 Å². The fraction of sp³-hybridized carbons (Fsp3) is 1.00. The van der Waals surface area contributed by atoms with Crippen LogP contribution in [0.3, 0.4) is 0 Å². The Morgan fingerprint density at radius 3 is 1.50 bits per heavy atom. The third kappa shape index (κ3) is 18.0. The van der Waals surface area contributed by atoms with E-state index in [1.807, 2.05) is 0 Å². The molecule has 22 heavy (non-hydrogen) atoms. The first-order chi connectivity index (χ1) is 10.8. The van der Waals surface area contributed by atoms with Crippen LogP contribution < -0.4 is 0 Å². The Kier molecular flexibility index (Phi) is 18.9. The normalized spacial score (nSPS) is 12.7. The number of ether oxygens (including phenoxy) is 1. The zero-order chi connectivity index (χ0) is 16.3. The van der Waals surface area contributed by atoms with Crippen molar-refractivity contribution in [1.82, 2.24) is 0 Å². The largest absolute Gasteiger partial charge is 0.368 e. The Morgan fingerprint density at radius 1 is 0.591 bits per heavy atom. The molecule has 0 aromatic heterocycles. The highest BCUT2D eigenvalue weighted by Gasteiger charge is 2.03. The first-order valence-corrected chi connectivity index (χ1v) is 10.1. The van der Waals surface area contributed by atoms with E-state index in [1.165, 1.54) is 83.5 Å². The number of hydrogen-bond donors (Lipinski definition) is 1. The Hall–Kier alpha value is -0.0800. The molecule has 0 aliphatic rings. The lowest BCUT2D eigenvalue weighted by atomic mass is 10.1. The highest BCUT2D eigenvalue weighted by molar-refractivity contribution is 4.49. The van der Waals surface area contributed by atoms with E-state index in [4.69, 9.17) is 4.74 Å². The van der Waals surface area contributed by atoms with Crippen molar-refractivity contribution in [2.45, 2.75) is 123 Å². The third-order valence-corrected chi connectivity index (χ3v) is 4.36. The first-order valence-electron chi connectivity index (χ1n) is 10.1. The Labute approximate surface area is 140 Å². The summed E-state index contributed by atoms with van der Waals surface area (Å²) < 4.78 is 5.49. The van der Waals surface area contributed by atoms with Crippen LogP contribution >= 0.6 is 0 Å². The van der Waals surface area contributed by atoms with Gasteiger partial charge in [-0.15, -0.1) is 0 Å². The van der Waals surface area contributed by atoms with E-state index in [0.29, 0.717) is 0 Å². The molecule has 1 atom stereocenters. The minimum Gasteiger partial charge on any atom is -0.368 e. The molecule has 0 bridgehead atoms. The maximum atomic E-state index is 9.77. The molecule has 2 nitrogen and oxygen atoms in total. The van der Waals surface area contributed by atoms with Crippen molar-refractivity contribution in [2.24, 2.45) is 0 Å². The molecule has 0 aromatic rings. The quantitative estimate of drug-likeness (QED) is 0.228. The zero-order valence-corrected chi connectivity index (χ0v) is 15.5. The minimum atomic E-state index is -0.528. The summed E-state index contributed by atoms with van der Waals surface area (Å²) in [6.07, 6.45) is 19.8. The van der Waals surface area contributed by atoms with Crippen LogP contribution in [0.2, 0.25) is 0 Å². The molecule has 0 aromatic carbocycles. The molecule has 0 aliphatic carbocycles. The van der Waals surface area contributed by atoms with Gasteiger partial charge in [-0.3, -0.25) is 0 Å². The maximum absolute atomic E-state index is 9.77. The Morgan fingerprint density at radius 2 is 1.00 bits per heavy atom. The number of unbranched alkanes of at least 4 members (excludes halogenated alkanes) is 13. The molecule has 1 N–H and O–H groups in total. The fourth-order valence-corrected chi connectivity index (χ4v) is 2.81. The van der Waals surface area contributed by atoms with Gasteiger partial charge in [0.25, 0.3) is 0 Å². The predicted octanol–water partition coefficient (Wildman–Crippen LogP) is 6.60. The van der Waals surface area contributed by atoms with Crippen molar-refractivity contribution in [3.63, 3.8) is 0 Å². The van der Waals surface area contributed by atoms with Gasteiger partial charge in [-0.1, -0.05) is 97.3 Å². The average molecular weight is 315 g/mol. The van der Waals surface area contributed by atoms with Gasteiger partial charge in [0.15, 0.2) is 6.29 Å². The summed E-state index contributed by atoms with van der Waals surface area (Å²) in [6, 6.07) is 0. The summed E-state index contributed by atoms with van der Waals surface area (Å²) in [5.41, 5.74) is 0. The maximum Gasteiger partial charge on any atom is 0.154 e. The van der Waals surface area contributed by atoms with Gasteiger partial charge in [-0.25, -0.2) is 0 Å². The molecule has 2 heteroatoms. The van der Waals surface area contributed by atoms with Crippen LogP contribution in [0.4, 0.5) is 0 Å². The smallest absolute Gasteiger partial charge is 0.154 e. The molecule has 134 valence electrons. The van der Waals surface area contributed by atoms with Crippen molar-refractivity contribution in [3.8, 4) is 0 Å². The summed E-state index contributed by atoms with van der Waals surface area (Å²) in [4.78, 5) is 0. The zero-order valence-electron chi connectivity index (χ0n) is 15.5. The lowest BCUT2D eigenvalue weighted by Gasteiger charge is -2.11. The molecule has 0 heterocycles. The van der Waals surface area contributed by atoms with Crippen LogP contribution in [0.5, 0.6) is 0 Å². The van der Waals surface area contributed by atoms with Gasteiger partial charge in [0, 0.05) is 6.61 Å². The monoisotopic (exact) mass is 314 g/mol. The fourth-order valence-electron chi connectivity index (χ4n) is 2.81. The summed E-state index contributed by atoms with van der Waals surface area (Å²) in [6.45, 7) is 5.24. The van der Waals surface area contributed by atoms with Gasteiger partial charge in [-0.2, -0.15) is 0 Å². The van der Waals surface area contributed by atoms with Crippen LogP contribution in [-0.4, -0.2) is 18.0 Å².